The Morgan fingerprint density at radius 1 is 1.16 bits per heavy atom. The molecule has 1 aliphatic heterocycles. The molecule has 13 heteroatoms. The number of amides is 4. The van der Waals surface area contributed by atoms with E-state index in [1.165, 1.54) is 16.7 Å². The molecule has 1 saturated heterocycles. The fourth-order valence-electron chi connectivity index (χ4n) is 3.18. The third-order valence-electron chi connectivity index (χ3n) is 4.89. The molecule has 0 radical (unpaired) electrons. The molecule has 0 aromatic carbocycles. The van der Waals surface area contributed by atoms with E-state index >= 15 is 0 Å². The van der Waals surface area contributed by atoms with Crippen LogP contribution in [-0.2, 0) is 24.0 Å². The van der Waals surface area contributed by atoms with Gasteiger partial charge in [0.2, 0.25) is 23.6 Å². The van der Waals surface area contributed by atoms with Gasteiger partial charge in [-0.05, 0) is 37.7 Å². The number of hydrogen-bond donors (Lipinski definition) is 6. The van der Waals surface area contributed by atoms with E-state index in [0.717, 1.165) is 0 Å². The molecular weight excluding hydrogens is 430 g/mol. The van der Waals surface area contributed by atoms with Crippen molar-refractivity contribution in [3.63, 3.8) is 0 Å². The highest BCUT2D eigenvalue weighted by atomic mass is 32.2. The molecule has 0 aromatic heterocycles. The fraction of sp³-hybridized carbons (Fsp3) is 0.722. The molecule has 4 unspecified atom stereocenters. The highest BCUT2D eigenvalue weighted by Crippen LogP contribution is 2.19. The maximum Gasteiger partial charge on any atom is 0.326 e. The number of aliphatic carboxylic acids is 1. The Morgan fingerprint density at radius 3 is 2.39 bits per heavy atom. The van der Waals surface area contributed by atoms with Crippen molar-refractivity contribution in [3.05, 3.63) is 0 Å². The number of aliphatic hydroxyl groups excluding tert-OH is 1. The van der Waals surface area contributed by atoms with Gasteiger partial charge in [-0.2, -0.15) is 11.8 Å². The van der Waals surface area contributed by atoms with E-state index in [9.17, 15) is 29.1 Å². The first-order chi connectivity index (χ1) is 14.6. The highest BCUT2D eigenvalue weighted by Gasteiger charge is 2.37. The lowest BCUT2D eigenvalue weighted by molar-refractivity contribution is -0.143. The van der Waals surface area contributed by atoms with Crippen LogP contribution < -0.4 is 22.1 Å². The maximum absolute atomic E-state index is 12.8. The van der Waals surface area contributed by atoms with Crippen molar-refractivity contribution in [3.8, 4) is 0 Å². The van der Waals surface area contributed by atoms with E-state index in [1.807, 2.05) is 0 Å². The molecule has 176 valence electrons. The number of carboxylic acid groups (broad SMARTS) is 1. The minimum atomic E-state index is -1.21. The molecule has 1 rings (SSSR count). The first-order valence-electron chi connectivity index (χ1n) is 9.90. The van der Waals surface area contributed by atoms with E-state index < -0.39 is 60.4 Å². The molecule has 1 aliphatic rings. The van der Waals surface area contributed by atoms with Crippen LogP contribution in [0.15, 0.2) is 0 Å². The molecular formula is C18H31N5O7S. The van der Waals surface area contributed by atoms with Crippen molar-refractivity contribution in [1.29, 1.82) is 0 Å². The molecule has 1 fully saturated rings. The Labute approximate surface area is 184 Å². The average molecular weight is 462 g/mol. The van der Waals surface area contributed by atoms with Gasteiger partial charge in [0.15, 0.2) is 0 Å². The lowest BCUT2D eigenvalue weighted by atomic mass is 10.1. The number of nitrogens with zero attached hydrogens (tertiary/aromatic N) is 1. The maximum atomic E-state index is 12.8. The Morgan fingerprint density at radius 2 is 1.84 bits per heavy atom. The van der Waals surface area contributed by atoms with Crippen LogP contribution in [0.1, 0.15) is 32.1 Å². The zero-order valence-corrected chi connectivity index (χ0v) is 18.2. The lowest BCUT2D eigenvalue weighted by Gasteiger charge is -2.28. The van der Waals surface area contributed by atoms with Gasteiger partial charge in [0, 0.05) is 13.0 Å². The van der Waals surface area contributed by atoms with Crippen molar-refractivity contribution >= 4 is 41.4 Å². The fourth-order valence-corrected chi connectivity index (χ4v) is 3.65. The second-order valence-corrected chi connectivity index (χ2v) is 8.21. The lowest BCUT2D eigenvalue weighted by Crippen LogP contribution is -2.57. The van der Waals surface area contributed by atoms with Crippen molar-refractivity contribution < 1.29 is 34.2 Å². The summed E-state index contributed by atoms with van der Waals surface area (Å²) in [4.78, 5) is 61.6. The number of carbonyl (C=O) groups excluding carboxylic acids is 4. The number of carbonyl (C=O) groups is 5. The summed E-state index contributed by atoms with van der Waals surface area (Å²) in [5.41, 5.74) is 10.7. The topological polar surface area (TPSA) is 205 Å². The summed E-state index contributed by atoms with van der Waals surface area (Å²) in [6.45, 7) is -0.293. The van der Waals surface area contributed by atoms with Crippen molar-refractivity contribution in [2.24, 2.45) is 11.5 Å². The van der Waals surface area contributed by atoms with Crippen LogP contribution in [0.5, 0.6) is 0 Å². The predicted octanol–water partition coefficient (Wildman–Crippen LogP) is -2.63. The standard InChI is InChI=1S/C18H31N5O7S/c1-31-8-6-12(18(29)30)22-15(26)11(4-5-14(20)25)21-16(27)13-3-2-7-23(13)17(28)10(19)9-24/h10-13,24H,2-9,19H2,1H3,(H2,20,25)(H,21,27)(H,22,26)(H,29,30). The van der Waals surface area contributed by atoms with Gasteiger partial charge in [0.25, 0.3) is 0 Å². The molecule has 0 aromatic rings. The van der Waals surface area contributed by atoms with Crippen LogP contribution in [0.25, 0.3) is 0 Å². The molecule has 4 amide bonds. The number of primary amides is 1. The first kappa shape index (κ1) is 26.7. The number of nitrogens with two attached hydrogens (primary N) is 2. The third kappa shape index (κ3) is 8.34. The summed E-state index contributed by atoms with van der Waals surface area (Å²) in [7, 11) is 0. The van der Waals surface area contributed by atoms with Gasteiger partial charge >= 0.3 is 5.97 Å². The van der Waals surface area contributed by atoms with Gasteiger partial charge < -0.3 is 37.2 Å². The molecule has 0 bridgehead atoms. The normalized spacial score (nSPS) is 18.7. The smallest absolute Gasteiger partial charge is 0.326 e. The van der Waals surface area contributed by atoms with E-state index in [2.05, 4.69) is 10.6 Å². The Hall–Kier alpha value is -2.38. The number of likely N-dealkylation sites (tertiary alicyclic amines) is 1. The molecule has 31 heavy (non-hydrogen) atoms. The second-order valence-electron chi connectivity index (χ2n) is 7.23. The zero-order chi connectivity index (χ0) is 23.6. The van der Waals surface area contributed by atoms with Gasteiger partial charge in [0.1, 0.15) is 24.2 Å². The molecule has 4 atom stereocenters. The Kier molecular flexibility index (Phi) is 11.3. The van der Waals surface area contributed by atoms with Crippen LogP contribution in [0.2, 0.25) is 0 Å². The van der Waals surface area contributed by atoms with E-state index in [0.29, 0.717) is 18.6 Å². The molecule has 0 spiro atoms. The van der Waals surface area contributed by atoms with Crippen LogP contribution in [0.4, 0.5) is 0 Å². The molecule has 1 heterocycles. The SMILES string of the molecule is CSCCC(NC(=O)C(CCC(N)=O)NC(=O)C1CCCN1C(=O)C(N)CO)C(=O)O. The predicted molar refractivity (Wildman–Crippen MR) is 113 cm³/mol. The summed E-state index contributed by atoms with van der Waals surface area (Å²) < 4.78 is 0. The molecule has 8 N–H and O–H groups in total. The number of rotatable bonds is 13. The van der Waals surface area contributed by atoms with Crippen LogP contribution in [0, 0.1) is 0 Å². The highest BCUT2D eigenvalue weighted by molar-refractivity contribution is 7.98. The second kappa shape index (κ2) is 13.1. The van der Waals surface area contributed by atoms with Gasteiger partial charge in [-0.25, -0.2) is 4.79 Å². The van der Waals surface area contributed by atoms with E-state index in [1.54, 1.807) is 6.26 Å². The van der Waals surface area contributed by atoms with Gasteiger partial charge in [-0.3, -0.25) is 19.2 Å². The summed E-state index contributed by atoms with van der Waals surface area (Å²) >= 11 is 1.42. The van der Waals surface area contributed by atoms with Crippen molar-refractivity contribution in [1.82, 2.24) is 15.5 Å². The monoisotopic (exact) mass is 461 g/mol. The van der Waals surface area contributed by atoms with Crippen molar-refractivity contribution in [2.45, 2.75) is 56.3 Å². The molecule has 0 saturated carbocycles. The number of hydrogen-bond acceptors (Lipinski definition) is 8. The molecule has 0 aliphatic carbocycles. The molecule has 12 nitrogen and oxygen atoms in total. The third-order valence-corrected chi connectivity index (χ3v) is 5.53. The Balaban J connectivity index is 2.90. The summed E-state index contributed by atoms with van der Waals surface area (Å²) in [5, 5.41) is 23.3. The largest absolute Gasteiger partial charge is 0.480 e. The first-order valence-corrected chi connectivity index (χ1v) is 11.3. The minimum absolute atomic E-state index is 0.126. The number of aliphatic hydroxyl groups is 1. The number of thioether (sulfide) groups is 1. The zero-order valence-electron chi connectivity index (χ0n) is 17.4. The van der Waals surface area contributed by atoms with Crippen molar-refractivity contribution in [2.75, 3.05) is 25.2 Å². The summed E-state index contributed by atoms with van der Waals surface area (Å²) in [6.07, 6.45) is 2.53. The number of carboxylic acids is 1. The van der Waals surface area contributed by atoms with Gasteiger partial charge in [0.05, 0.1) is 6.61 Å². The van der Waals surface area contributed by atoms with Gasteiger partial charge in [-0.15, -0.1) is 0 Å². The van der Waals surface area contributed by atoms with Gasteiger partial charge in [-0.1, -0.05) is 0 Å². The summed E-state index contributed by atoms with van der Waals surface area (Å²) in [5.74, 6) is -3.37. The van der Waals surface area contributed by atoms with Crippen LogP contribution in [0.3, 0.4) is 0 Å². The van der Waals surface area contributed by atoms with E-state index in [4.69, 9.17) is 16.6 Å². The van der Waals surface area contributed by atoms with Crippen LogP contribution in [-0.4, -0.2) is 94.0 Å². The summed E-state index contributed by atoms with van der Waals surface area (Å²) in [6, 6.07) is -4.41. The minimum Gasteiger partial charge on any atom is -0.480 e. The van der Waals surface area contributed by atoms with E-state index in [-0.39, 0.29) is 25.8 Å². The number of nitrogens with one attached hydrogen (secondary N) is 2. The van der Waals surface area contributed by atoms with Crippen LogP contribution >= 0.6 is 11.8 Å². The Bertz CT molecular complexity index is 678. The average Bonchev–Trinajstić information content (AvgIpc) is 3.22. The quantitative estimate of drug-likeness (QED) is 0.169.